The monoisotopic (exact) mass is 459 g/mol. The van der Waals surface area contributed by atoms with Gasteiger partial charge in [0, 0.05) is 23.4 Å². The number of benzene rings is 3. The van der Waals surface area contributed by atoms with Crippen LogP contribution in [0.3, 0.4) is 0 Å². The lowest BCUT2D eigenvalue weighted by Crippen LogP contribution is -2.44. The summed E-state index contributed by atoms with van der Waals surface area (Å²) in [7, 11) is 0. The largest absolute Gasteiger partial charge is 0.293 e. The van der Waals surface area contributed by atoms with Crippen LogP contribution in [-0.2, 0) is 6.42 Å². The summed E-state index contributed by atoms with van der Waals surface area (Å²) in [6, 6.07) is 18.9. The van der Waals surface area contributed by atoms with E-state index in [4.69, 9.17) is 0 Å². The summed E-state index contributed by atoms with van der Waals surface area (Å²) in [6.07, 6.45) is 15.0. The van der Waals surface area contributed by atoms with E-state index >= 15 is 0 Å². The number of hydrogen-bond donors (Lipinski definition) is 0. The number of carbonyl (C=O) groups excluding carboxylic acids is 1. The second-order valence-corrected chi connectivity index (χ2v) is 9.62. The number of nitrogens with zero attached hydrogens (tertiary/aromatic N) is 1. The predicted octanol–water partition coefficient (Wildman–Crippen LogP) is 5.90. The number of Topliss-reactive ketones (excluding diaryl/α,β-unsaturated/α-hetero) is 1. The summed E-state index contributed by atoms with van der Waals surface area (Å²) in [6.45, 7) is 1.94. The molecule has 0 saturated heterocycles. The summed E-state index contributed by atoms with van der Waals surface area (Å²) in [5, 5.41) is 2.49. The number of hydrogen-bond acceptors (Lipinski definition) is 2. The number of halogens is 1. The Morgan fingerprint density at radius 3 is 2.66 bits per heavy atom. The molecule has 1 aliphatic heterocycles. The molecule has 0 saturated carbocycles. The predicted molar refractivity (Wildman–Crippen MR) is 140 cm³/mol. The highest BCUT2D eigenvalue weighted by molar-refractivity contribution is 6.12. The normalized spacial score (nSPS) is 22.0. The Kier molecular flexibility index (Phi) is 5.21. The lowest BCUT2D eigenvalue weighted by Gasteiger charge is -2.37. The van der Waals surface area contributed by atoms with E-state index in [0.717, 1.165) is 25.0 Å². The van der Waals surface area contributed by atoms with Crippen molar-refractivity contribution in [2.75, 3.05) is 0 Å². The summed E-state index contributed by atoms with van der Waals surface area (Å²) >= 11 is 0. The molecule has 6 rings (SSSR count). The highest BCUT2D eigenvalue weighted by Gasteiger charge is 2.44. The summed E-state index contributed by atoms with van der Waals surface area (Å²) in [4.78, 5) is 18.8. The third kappa shape index (κ3) is 3.54. The zero-order chi connectivity index (χ0) is 24.0. The summed E-state index contributed by atoms with van der Waals surface area (Å²) < 4.78 is 13.7. The molecule has 3 aromatic rings. The van der Waals surface area contributed by atoms with E-state index in [1.165, 1.54) is 44.8 Å². The molecule has 3 aromatic carbocycles. The molecule has 35 heavy (non-hydrogen) atoms. The second-order valence-electron chi connectivity index (χ2n) is 9.62. The van der Waals surface area contributed by atoms with E-state index in [0.29, 0.717) is 5.56 Å². The molecular formula is C32H26FNO. The van der Waals surface area contributed by atoms with Gasteiger partial charge in [-0.2, -0.15) is 0 Å². The number of aliphatic imine (C=N–C) groups is 1. The Hall–Kier alpha value is -3.85. The Morgan fingerprint density at radius 1 is 0.971 bits per heavy atom. The van der Waals surface area contributed by atoms with Gasteiger partial charge in [-0.05, 0) is 89.2 Å². The number of rotatable bonds is 3. The van der Waals surface area contributed by atoms with Crippen LogP contribution in [-0.4, -0.2) is 12.0 Å². The smallest absolute Gasteiger partial charge is 0.178 e. The average Bonchev–Trinajstić information content (AvgIpc) is 3.10. The van der Waals surface area contributed by atoms with Gasteiger partial charge in [0.15, 0.2) is 5.78 Å². The molecule has 0 radical (unpaired) electrons. The minimum Gasteiger partial charge on any atom is -0.293 e. The lowest BCUT2D eigenvalue weighted by atomic mass is 9.64. The van der Waals surface area contributed by atoms with Crippen molar-refractivity contribution in [2.24, 2.45) is 10.4 Å². The Morgan fingerprint density at radius 2 is 1.80 bits per heavy atom. The average molecular weight is 460 g/mol. The zero-order valence-corrected chi connectivity index (χ0v) is 19.7. The second kappa shape index (κ2) is 8.42. The molecule has 3 aliphatic rings. The van der Waals surface area contributed by atoms with E-state index in [1.54, 1.807) is 12.1 Å². The van der Waals surface area contributed by atoms with Crippen molar-refractivity contribution in [2.45, 2.75) is 32.1 Å². The fourth-order valence-electron chi connectivity index (χ4n) is 5.85. The zero-order valence-electron chi connectivity index (χ0n) is 19.7. The number of carbonyl (C=O) groups is 1. The Labute approximate surface area is 204 Å². The van der Waals surface area contributed by atoms with Crippen LogP contribution < -0.4 is 10.4 Å². The van der Waals surface area contributed by atoms with Crippen LogP contribution in [0, 0.1) is 11.2 Å². The molecule has 0 amide bonds. The number of allylic oxidation sites excluding steroid dienone is 4. The first-order valence-electron chi connectivity index (χ1n) is 12.2. The summed E-state index contributed by atoms with van der Waals surface area (Å²) in [5.74, 6) is -0.473. The van der Waals surface area contributed by atoms with Crippen molar-refractivity contribution >= 4 is 24.1 Å². The number of ketones is 1. The first-order chi connectivity index (χ1) is 17.1. The van der Waals surface area contributed by atoms with Gasteiger partial charge in [-0.25, -0.2) is 4.39 Å². The van der Waals surface area contributed by atoms with E-state index < -0.39 is 5.41 Å². The first kappa shape index (κ1) is 21.7. The van der Waals surface area contributed by atoms with E-state index in [9.17, 15) is 9.18 Å². The first-order valence-corrected chi connectivity index (χ1v) is 12.2. The van der Waals surface area contributed by atoms with Crippen molar-refractivity contribution in [3.8, 4) is 11.1 Å². The van der Waals surface area contributed by atoms with Crippen LogP contribution in [0.2, 0.25) is 0 Å². The topological polar surface area (TPSA) is 29.4 Å². The molecule has 0 fully saturated rings. The van der Waals surface area contributed by atoms with Gasteiger partial charge >= 0.3 is 0 Å². The molecule has 2 atom stereocenters. The molecule has 0 aromatic heterocycles. The van der Waals surface area contributed by atoms with Gasteiger partial charge in [0.2, 0.25) is 0 Å². The highest BCUT2D eigenvalue weighted by atomic mass is 19.1. The molecule has 1 heterocycles. The molecule has 172 valence electrons. The van der Waals surface area contributed by atoms with Gasteiger partial charge in [-0.1, -0.05) is 60.7 Å². The van der Waals surface area contributed by atoms with Gasteiger partial charge in [-0.3, -0.25) is 9.79 Å². The minimum atomic E-state index is -0.949. The van der Waals surface area contributed by atoms with Gasteiger partial charge in [0.1, 0.15) is 5.82 Å². The van der Waals surface area contributed by atoms with Crippen molar-refractivity contribution in [1.82, 2.24) is 0 Å². The quantitative estimate of drug-likeness (QED) is 0.449. The molecule has 3 heteroatoms. The van der Waals surface area contributed by atoms with Crippen LogP contribution in [0.1, 0.15) is 47.2 Å². The van der Waals surface area contributed by atoms with Crippen LogP contribution >= 0.6 is 0 Å². The maximum absolute atomic E-state index is 14.1. The molecule has 2 unspecified atom stereocenters. The van der Waals surface area contributed by atoms with Crippen LogP contribution in [0.4, 0.5) is 4.39 Å². The fourth-order valence-corrected chi connectivity index (χ4v) is 5.85. The maximum atomic E-state index is 14.1. The van der Waals surface area contributed by atoms with Crippen molar-refractivity contribution < 1.29 is 9.18 Å². The summed E-state index contributed by atoms with van der Waals surface area (Å²) in [5.41, 5.74) is 5.47. The highest BCUT2D eigenvalue weighted by Crippen LogP contribution is 2.44. The van der Waals surface area contributed by atoms with Gasteiger partial charge in [0.05, 0.1) is 5.41 Å². The van der Waals surface area contributed by atoms with Crippen molar-refractivity contribution in [3.05, 3.63) is 118 Å². The molecule has 2 nitrogen and oxygen atoms in total. The third-order valence-corrected chi connectivity index (χ3v) is 7.60. The van der Waals surface area contributed by atoms with Gasteiger partial charge in [0.25, 0.3) is 0 Å². The van der Waals surface area contributed by atoms with Gasteiger partial charge in [-0.15, -0.1) is 0 Å². The Balaban J connectivity index is 1.54. The fraction of sp³-hybridized carbons (Fsp3) is 0.188. The Bertz CT molecular complexity index is 1560. The molecule has 0 bridgehead atoms. The SMILES string of the molecule is CC1=CC=CC(C(=O)c2ccc(F)cc2)(C2CCC=c3c2ccc2c3=CCc3ccccc3-2)C=N1. The lowest BCUT2D eigenvalue weighted by molar-refractivity contribution is 0.0887. The molecule has 2 aliphatic carbocycles. The van der Waals surface area contributed by atoms with E-state index in [2.05, 4.69) is 53.5 Å². The molecule has 0 N–H and O–H groups in total. The van der Waals surface area contributed by atoms with Gasteiger partial charge < -0.3 is 0 Å². The molecule has 0 spiro atoms. The van der Waals surface area contributed by atoms with Crippen molar-refractivity contribution in [1.29, 1.82) is 0 Å². The van der Waals surface area contributed by atoms with E-state index in [1.807, 2.05) is 31.4 Å². The standard InChI is InChI=1S/C32H26FNO/c1-21-6-5-19-32(20-34-21,31(35)23-11-14-24(33)15-12-23)30-10-4-9-26-28-16-13-22-7-2-3-8-25(22)27(28)17-18-29(26)30/h2-3,5-9,11-12,14-20,30H,4,10,13H2,1H3. The molecular weight excluding hydrogens is 433 g/mol. The third-order valence-electron chi connectivity index (χ3n) is 7.60. The van der Waals surface area contributed by atoms with Crippen molar-refractivity contribution in [3.63, 3.8) is 0 Å². The maximum Gasteiger partial charge on any atom is 0.178 e. The minimum absolute atomic E-state index is 0.0505. The van der Waals surface area contributed by atoms with Crippen LogP contribution in [0.15, 0.2) is 89.6 Å². The van der Waals surface area contributed by atoms with Crippen LogP contribution in [0.5, 0.6) is 0 Å². The number of fused-ring (bicyclic) bond motifs is 5. The van der Waals surface area contributed by atoms with E-state index in [-0.39, 0.29) is 17.5 Å². The van der Waals surface area contributed by atoms with Crippen LogP contribution in [0.25, 0.3) is 23.3 Å².